The van der Waals surface area contributed by atoms with E-state index < -0.39 is 0 Å². The van der Waals surface area contributed by atoms with Crippen LogP contribution in [-0.2, 0) is 4.79 Å². The number of amides is 2. The van der Waals surface area contributed by atoms with Crippen molar-refractivity contribution in [2.75, 3.05) is 5.75 Å². The highest BCUT2D eigenvalue weighted by atomic mass is 32.2. The summed E-state index contributed by atoms with van der Waals surface area (Å²) in [6.45, 7) is 2.23. The number of thioether (sulfide) groups is 1. The molecule has 2 saturated heterocycles. The van der Waals surface area contributed by atoms with Crippen molar-refractivity contribution in [1.29, 1.82) is 0 Å². The SMILES string of the molecule is CCCCCCCCC(=O)CCCCC1SCC2NC(=O)NC21. The van der Waals surface area contributed by atoms with Crippen molar-refractivity contribution >= 4 is 23.6 Å². The Hall–Kier alpha value is -0.710. The largest absolute Gasteiger partial charge is 0.332 e. The molecule has 132 valence electrons. The molecule has 0 aromatic rings. The highest BCUT2D eigenvalue weighted by molar-refractivity contribution is 8.00. The molecule has 0 bridgehead atoms. The zero-order chi connectivity index (χ0) is 16.5. The number of rotatable bonds is 12. The van der Waals surface area contributed by atoms with Crippen LogP contribution in [0.1, 0.15) is 77.6 Å². The molecule has 0 aromatic carbocycles. The average Bonchev–Trinajstić information content (AvgIpc) is 3.07. The number of hydrogen-bond donors (Lipinski definition) is 2. The molecule has 2 aliphatic rings. The van der Waals surface area contributed by atoms with Gasteiger partial charge in [-0.25, -0.2) is 4.79 Å². The fourth-order valence-corrected chi connectivity index (χ4v) is 5.08. The summed E-state index contributed by atoms with van der Waals surface area (Å²) in [4.78, 5) is 23.2. The number of unbranched alkanes of at least 4 members (excludes halogenated alkanes) is 6. The second-order valence-electron chi connectivity index (χ2n) is 6.92. The van der Waals surface area contributed by atoms with Crippen LogP contribution in [0.4, 0.5) is 4.79 Å². The molecule has 0 saturated carbocycles. The van der Waals surface area contributed by atoms with Crippen molar-refractivity contribution in [1.82, 2.24) is 10.6 Å². The second-order valence-corrected chi connectivity index (χ2v) is 8.20. The van der Waals surface area contributed by atoms with E-state index in [1.165, 1.54) is 32.1 Å². The van der Waals surface area contributed by atoms with Crippen LogP contribution in [0.3, 0.4) is 0 Å². The summed E-state index contributed by atoms with van der Waals surface area (Å²) in [6, 6.07) is 0.595. The molecular formula is C18H32N2O2S. The lowest BCUT2D eigenvalue weighted by molar-refractivity contribution is -0.119. The number of nitrogens with one attached hydrogen (secondary N) is 2. The van der Waals surface area contributed by atoms with Crippen LogP contribution in [0, 0.1) is 0 Å². The average molecular weight is 341 g/mol. The van der Waals surface area contributed by atoms with Gasteiger partial charge in [0.05, 0.1) is 12.1 Å². The topological polar surface area (TPSA) is 58.2 Å². The first kappa shape index (κ1) is 18.6. The molecule has 2 rings (SSSR count). The van der Waals surface area contributed by atoms with Gasteiger partial charge in [0.15, 0.2) is 0 Å². The summed E-state index contributed by atoms with van der Waals surface area (Å²) in [5.74, 6) is 1.46. The fraction of sp³-hybridized carbons (Fsp3) is 0.889. The predicted octanol–water partition coefficient (Wildman–Crippen LogP) is 4.03. The lowest BCUT2D eigenvalue weighted by Gasteiger charge is -2.16. The first-order valence-electron chi connectivity index (χ1n) is 9.41. The Morgan fingerprint density at radius 2 is 1.74 bits per heavy atom. The summed E-state index contributed by atoms with van der Waals surface area (Å²) in [6.07, 6.45) is 12.2. The Balaban J connectivity index is 1.46. The molecule has 0 spiro atoms. The van der Waals surface area contributed by atoms with Gasteiger partial charge in [0.25, 0.3) is 0 Å². The van der Waals surface area contributed by atoms with Crippen molar-refractivity contribution in [2.45, 2.75) is 94.9 Å². The Labute approximate surface area is 144 Å². The van der Waals surface area contributed by atoms with Gasteiger partial charge in [0.1, 0.15) is 5.78 Å². The Morgan fingerprint density at radius 1 is 1.04 bits per heavy atom. The van der Waals surface area contributed by atoms with E-state index in [0.29, 0.717) is 23.1 Å². The molecule has 3 unspecified atom stereocenters. The molecule has 2 heterocycles. The van der Waals surface area contributed by atoms with Crippen LogP contribution in [0.15, 0.2) is 0 Å². The van der Waals surface area contributed by atoms with Crippen LogP contribution >= 0.6 is 11.8 Å². The number of fused-ring (bicyclic) bond motifs is 1. The number of hydrogen-bond acceptors (Lipinski definition) is 3. The Bertz CT molecular complexity index is 389. The standard InChI is InChI=1S/C18H32N2O2S/c1-2-3-4-5-6-7-10-14(21)11-8-9-12-16-17-15(13-23-16)19-18(22)20-17/h15-17H,2-13H2,1H3,(H2,19,20,22). The third-order valence-electron chi connectivity index (χ3n) is 4.94. The maximum absolute atomic E-state index is 11.9. The van der Waals surface area contributed by atoms with E-state index in [-0.39, 0.29) is 6.03 Å². The molecule has 2 aliphatic heterocycles. The smallest absolute Gasteiger partial charge is 0.315 e. The molecule has 2 amide bonds. The molecule has 2 fully saturated rings. The van der Waals surface area contributed by atoms with E-state index in [0.717, 1.165) is 44.3 Å². The molecule has 0 aromatic heterocycles. The van der Waals surface area contributed by atoms with Crippen molar-refractivity contribution in [3.63, 3.8) is 0 Å². The van der Waals surface area contributed by atoms with Crippen LogP contribution < -0.4 is 10.6 Å². The van der Waals surface area contributed by atoms with Crippen molar-refractivity contribution in [2.24, 2.45) is 0 Å². The fourth-order valence-electron chi connectivity index (χ4n) is 3.54. The van der Waals surface area contributed by atoms with Crippen LogP contribution in [-0.4, -0.2) is 34.9 Å². The van der Waals surface area contributed by atoms with Crippen molar-refractivity contribution < 1.29 is 9.59 Å². The molecular weight excluding hydrogens is 308 g/mol. The zero-order valence-corrected chi connectivity index (χ0v) is 15.3. The first-order chi connectivity index (χ1) is 11.2. The summed E-state index contributed by atoms with van der Waals surface area (Å²) >= 11 is 1.96. The van der Waals surface area contributed by atoms with Gasteiger partial charge in [0.2, 0.25) is 0 Å². The molecule has 0 radical (unpaired) electrons. The number of ketones is 1. The predicted molar refractivity (Wildman–Crippen MR) is 97.0 cm³/mol. The summed E-state index contributed by atoms with van der Waals surface area (Å²) in [5.41, 5.74) is 0. The summed E-state index contributed by atoms with van der Waals surface area (Å²) in [5, 5.41) is 6.52. The van der Waals surface area contributed by atoms with Gasteiger partial charge in [-0.05, 0) is 19.3 Å². The van der Waals surface area contributed by atoms with Gasteiger partial charge >= 0.3 is 6.03 Å². The van der Waals surface area contributed by atoms with E-state index in [2.05, 4.69) is 17.6 Å². The Kier molecular flexibility index (Phi) is 8.27. The highest BCUT2D eigenvalue weighted by Gasteiger charge is 2.42. The van der Waals surface area contributed by atoms with Gasteiger partial charge in [-0.2, -0.15) is 11.8 Å². The number of carbonyl (C=O) groups excluding carboxylic acids is 2. The van der Waals surface area contributed by atoms with Crippen molar-refractivity contribution in [3.8, 4) is 0 Å². The monoisotopic (exact) mass is 340 g/mol. The van der Waals surface area contributed by atoms with Crippen molar-refractivity contribution in [3.05, 3.63) is 0 Å². The van der Waals surface area contributed by atoms with Crippen LogP contribution in [0.2, 0.25) is 0 Å². The molecule has 0 aliphatic carbocycles. The highest BCUT2D eigenvalue weighted by Crippen LogP contribution is 2.33. The normalized spacial score (nSPS) is 26.0. The third kappa shape index (κ3) is 6.36. The molecule has 23 heavy (non-hydrogen) atoms. The number of Topliss-reactive ketones (excluding diaryl/α,β-unsaturated/α-hetero) is 1. The van der Waals surface area contributed by atoms with Crippen LogP contribution in [0.5, 0.6) is 0 Å². The lowest BCUT2D eigenvalue weighted by atomic mass is 10.0. The van der Waals surface area contributed by atoms with Crippen LogP contribution in [0.25, 0.3) is 0 Å². The summed E-state index contributed by atoms with van der Waals surface area (Å²) in [7, 11) is 0. The quantitative estimate of drug-likeness (QED) is 0.416. The maximum atomic E-state index is 11.9. The van der Waals surface area contributed by atoms with Gasteiger partial charge in [0, 0.05) is 23.8 Å². The van der Waals surface area contributed by atoms with E-state index >= 15 is 0 Å². The van der Waals surface area contributed by atoms with E-state index in [9.17, 15) is 9.59 Å². The first-order valence-corrected chi connectivity index (χ1v) is 10.5. The molecule has 3 atom stereocenters. The minimum atomic E-state index is -0.0144. The van der Waals surface area contributed by atoms with Gasteiger partial charge in [-0.3, -0.25) is 4.79 Å². The molecule has 4 nitrogen and oxygen atoms in total. The van der Waals surface area contributed by atoms with Gasteiger partial charge in [-0.15, -0.1) is 0 Å². The summed E-state index contributed by atoms with van der Waals surface area (Å²) < 4.78 is 0. The zero-order valence-electron chi connectivity index (χ0n) is 14.4. The minimum Gasteiger partial charge on any atom is -0.332 e. The number of carbonyl (C=O) groups is 2. The lowest BCUT2D eigenvalue weighted by Crippen LogP contribution is -2.36. The second kappa shape index (κ2) is 10.2. The van der Waals surface area contributed by atoms with E-state index in [1.807, 2.05) is 11.8 Å². The van der Waals surface area contributed by atoms with E-state index in [1.54, 1.807) is 0 Å². The Morgan fingerprint density at radius 3 is 2.52 bits per heavy atom. The third-order valence-corrected chi connectivity index (χ3v) is 6.45. The number of urea groups is 1. The minimum absolute atomic E-state index is 0.0144. The maximum Gasteiger partial charge on any atom is 0.315 e. The molecule has 5 heteroatoms. The van der Waals surface area contributed by atoms with Gasteiger partial charge < -0.3 is 10.6 Å². The molecule has 2 N–H and O–H groups in total. The van der Waals surface area contributed by atoms with Gasteiger partial charge in [-0.1, -0.05) is 45.4 Å². The van der Waals surface area contributed by atoms with E-state index in [4.69, 9.17) is 0 Å².